The molecule has 7 heteroatoms. The molecule has 132 valence electrons. The number of hydrogen-bond donors (Lipinski definition) is 0. The largest absolute Gasteiger partial charge is 0.368 e. The van der Waals surface area contributed by atoms with Crippen molar-refractivity contribution < 1.29 is 4.74 Å². The highest BCUT2D eigenvalue weighted by molar-refractivity contribution is 5.61. The lowest BCUT2D eigenvalue weighted by molar-refractivity contribution is -0.00227. The zero-order chi connectivity index (χ0) is 17.7. The summed E-state index contributed by atoms with van der Waals surface area (Å²) >= 11 is 0. The molecular formula is C19H20N6O. The second kappa shape index (κ2) is 5.88. The third-order valence-corrected chi connectivity index (χ3v) is 5.08. The van der Waals surface area contributed by atoms with E-state index < -0.39 is 0 Å². The van der Waals surface area contributed by atoms with Crippen LogP contribution in [0.2, 0.25) is 0 Å². The molecule has 2 aliphatic heterocycles. The van der Waals surface area contributed by atoms with Crippen LogP contribution in [0.5, 0.6) is 0 Å². The molecule has 0 spiro atoms. The topological polar surface area (TPSA) is 69.0 Å². The molecule has 7 nitrogen and oxygen atoms in total. The molecule has 4 heterocycles. The molecule has 1 saturated heterocycles. The van der Waals surface area contributed by atoms with E-state index in [2.05, 4.69) is 37.3 Å². The fourth-order valence-corrected chi connectivity index (χ4v) is 3.89. The van der Waals surface area contributed by atoms with E-state index in [4.69, 9.17) is 4.74 Å². The monoisotopic (exact) mass is 348 g/mol. The number of hydrogen-bond acceptors (Lipinski definition) is 6. The zero-order valence-electron chi connectivity index (χ0n) is 14.8. The second-order valence-corrected chi connectivity index (χ2v) is 6.97. The van der Waals surface area contributed by atoms with Gasteiger partial charge in [0.05, 0.1) is 24.4 Å². The fraction of sp³-hybridized carbons (Fsp3) is 0.368. The van der Waals surface area contributed by atoms with Gasteiger partial charge in [-0.2, -0.15) is 0 Å². The van der Waals surface area contributed by atoms with Gasteiger partial charge in [0.15, 0.2) is 0 Å². The maximum atomic E-state index is 6.16. The van der Waals surface area contributed by atoms with E-state index in [9.17, 15) is 0 Å². The SMILES string of the molecule is Cc1cc(C)nc(N2C[C@@H]3[C@@H](C2)OCc2c(-c4ccccc4)nnn23)n1. The standard InChI is InChI=1S/C19H20N6O/c1-12-8-13(2)21-19(20-12)24-9-15-17(10-24)26-11-16-18(22-23-25(15)16)14-6-4-3-5-7-14/h3-8,15,17H,9-11H2,1-2H3/t15-,17-/m1/s1. The fourth-order valence-electron chi connectivity index (χ4n) is 3.89. The van der Waals surface area contributed by atoms with Crippen molar-refractivity contribution in [2.75, 3.05) is 18.0 Å². The average Bonchev–Trinajstić information content (AvgIpc) is 3.25. The van der Waals surface area contributed by atoms with Gasteiger partial charge < -0.3 is 9.64 Å². The molecule has 0 amide bonds. The lowest BCUT2D eigenvalue weighted by Gasteiger charge is -2.26. The van der Waals surface area contributed by atoms with Crippen LogP contribution in [0.25, 0.3) is 11.3 Å². The molecule has 0 aliphatic carbocycles. The quantitative estimate of drug-likeness (QED) is 0.708. The Balaban J connectivity index is 1.47. The summed E-state index contributed by atoms with van der Waals surface area (Å²) in [6.45, 7) is 6.07. The van der Waals surface area contributed by atoms with Crippen LogP contribution in [0, 0.1) is 13.8 Å². The van der Waals surface area contributed by atoms with Gasteiger partial charge in [0, 0.05) is 30.0 Å². The molecule has 2 atom stereocenters. The third-order valence-electron chi connectivity index (χ3n) is 5.08. The first-order chi connectivity index (χ1) is 12.7. The van der Waals surface area contributed by atoms with Gasteiger partial charge in [-0.25, -0.2) is 14.6 Å². The summed E-state index contributed by atoms with van der Waals surface area (Å²) in [5.74, 6) is 0.769. The van der Waals surface area contributed by atoms with Crippen LogP contribution < -0.4 is 4.90 Å². The Kier molecular flexibility index (Phi) is 3.49. The summed E-state index contributed by atoms with van der Waals surface area (Å²) in [5.41, 5.74) is 4.99. The molecule has 3 aromatic rings. The Morgan fingerprint density at radius 3 is 2.58 bits per heavy atom. The zero-order valence-corrected chi connectivity index (χ0v) is 14.8. The number of ether oxygens (including phenoxy) is 1. The van der Waals surface area contributed by atoms with E-state index in [1.54, 1.807) is 0 Å². The second-order valence-electron chi connectivity index (χ2n) is 6.97. The summed E-state index contributed by atoms with van der Waals surface area (Å²) in [4.78, 5) is 11.4. The molecule has 1 aromatic carbocycles. The molecule has 0 radical (unpaired) electrons. The van der Waals surface area contributed by atoms with E-state index in [0.717, 1.165) is 47.4 Å². The smallest absolute Gasteiger partial charge is 0.225 e. The van der Waals surface area contributed by atoms with Gasteiger partial charge in [-0.05, 0) is 19.9 Å². The molecule has 2 aromatic heterocycles. The van der Waals surface area contributed by atoms with E-state index in [1.807, 2.05) is 42.8 Å². The van der Waals surface area contributed by atoms with Gasteiger partial charge in [-0.15, -0.1) is 5.10 Å². The van der Waals surface area contributed by atoms with Crippen molar-refractivity contribution in [1.82, 2.24) is 25.0 Å². The van der Waals surface area contributed by atoms with Gasteiger partial charge >= 0.3 is 0 Å². The molecule has 1 fully saturated rings. The van der Waals surface area contributed by atoms with Crippen LogP contribution in [0.3, 0.4) is 0 Å². The van der Waals surface area contributed by atoms with Crippen molar-refractivity contribution in [3.8, 4) is 11.3 Å². The number of rotatable bonds is 2. The van der Waals surface area contributed by atoms with Gasteiger partial charge in [0.1, 0.15) is 5.69 Å². The molecule has 0 bridgehead atoms. The minimum absolute atomic E-state index is 0.0808. The number of benzene rings is 1. The lowest BCUT2D eigenvalue weighted by atomic mass is 10.1. The van der Waals surface area contributed by atoms with Gasteiger partial charge in [-0.3, -0.25) is 0 Å². The Morgan fingerprint density at radius 1 is 1.04 bits per heavy atom. The Labute approximate surface area is 151 Å². The molecule has 0 unspecified atom stereocenters. The number of aromatic nitrogens is 5. The third kappa shape index (κ3) is 2.47. The summed E-state index contributed by atoms with van der Waals surface area (Å²) in [6.07, 6.45) is 0.0808. The first-order valence-corrected chi connectivity index (χ1v) is 8.87. The van der Waals surface area contributed by atoms with Crippen molar-refractivity contribution in [3.63, 3.8) is 0 Å². The van der Waals surface area contributed by atoms with Crippen molar-refractivity contribution in [1.29, 1.82) is 0 Å². The van der Waals surface area contributed by atoms with Crippen LogP contribution in [0.4, 0.5) is 5.95 Å². The van der Waals surface area contributed by atoms with E-state index in [1.165, 1.54) is 0 Å². The summed E-state index contributed by atoms with van der Waals surface area (Å²) in [5, 5.41) is 8.90. The molecule has 0 N–H and O–H groups in total. The highest BCUT2D eigenvalue weighted by atomic mass is 16.5. The number of nitrogens with zero attached hydrogens (tertiary/aromatic N) is 6. The Hall–Kier alpha value is -2.80. The van der Waals surface area contributed by atoms with Crippen molar-refractivity contribution in [2.45, 2.75) is 32.6 Å². The summed E-state index contributed by atoms with van der Waals surface area (Å²) < 4.78 is 8.20. The minimum Gasteiger partial charge on any atom is -0.368 e. The first kappa shape index (κ1) is 15.5. The van der Waals surface area contributed by atoms with Crippen molar-refractivity contribution >= 4 is 5.95 Å². The molecule has 2 aliphatic rings. The minimum atomic E-state index is 0.0808. The Morgan fingerprint density at radius 2 is 1.81 bits per heavy atom. The van der Waals surface area contributed by atoms with Crippen molar-refractivity contribution in [2.24, 2.45) is 0 Å². The van der Waals surface area contributed by atoms with Gasteiger partial charge in [-0.1, -0.05) is 35.5 Å². The highest BCUT2D eigenvalue weighted by Gasteiger charge is 2.41. The normalized spacial score (nSPS) is 21.5. The molecular weight excluding hydrogens is 328 g/mol. The van der Waals surface area contributed by atoms with E-state index >= 15 is 0 Å². The van der Waals surface area contributed by atoms with Crippen LogP contribution in [0.1, 0.15) is 23.1 Å². The maximum Gasteiger partial charge on any atom is 0.225 e. The van der Waals surface area contributed by atoms with Crippen LogP contribution >= 0.6 is 0 Å². The van der Waals surface area contributed by atoms with E-state index in [0.29, 0.717) is 6.61 Å². The lowest BCUT2D eigenvalue weighted by Crippen LogP contribution is -2.32. The van der Waals surface area contributed by atoms with Gasteiger partial charge in [0.25, 0.3) is 0 Å². The molecule has 5 rings (SSSR count). The maximum absolute atomic E-state index is 6.16. The summed E-state index contributed by atoms with van der Waals surface area (Å²) in [6, 6.07) is 12.3. The van der Waals surface area contributed by atoms with Crippen LogP contribution in [-0.4, -0.2) is 44.2 Å². The predicted octanol–water partition coefficient (Wildman–Crippen LogP) is 2.31. The van der Waals surface area contributed by atoms with Crippen LogP contribution in [-0.2, 0) is 11.3 Å². The first-order valence-electron chi connectivity index (χ1n) is 8.87. The number of anilines is 1. The highest BCUT2D eigenvalue weighted by Crippen LogP contribution is 2.35. The number of fused-ring (bicyclic) bond motifs is 3. The molecule has 26 heavy (non-hydrogen) atoms. The van der Waals surface area contributed by atoms with E-state index in [-0.39, 0.29) is 12.1 Å². The average molecular weight is 348 g/mol. The predicted molar refractivity (Wildman–Crippen MR) is 96.8 cm³/mol. The number of aryl methyl sites for hydroxylation is 2. The van der Waals surface area contributed by atoms with Crippen molar-refractivity contribution in [3.05, 3.63) is 53.5 Å². The Bertz CT molecular complexity index is 934. The summed E-state index contributed by atoms with van der Waals surface area (Å²) in [7, 11) is 0. The van der Waals surface area contributed by atoms with Gasteiger partial charge in [0.2, 0.25) is 5.95 Å². The van der Waals surface area contributed by atoms with Crippen LogP contribution in [0.15, 0.2) is 36.4 Å². The molecule has 0 saturated carbocycles.